The molecular weight excluding hydrogens is 361 g/mol. The molecule has 0 radical (unpaired) electrons. The van der Waals surface area contributed by atoms with Crippen LogP contribution in [0.25, 0.3) is 0 Å². The van der Waals surface area contributed by atoms with E-state index in [9.17, 15) is 14.0 Å². The normalized spacial score (nSPS) is 19.7. The zero-order chi connectivity index (χ0) is 19.3. The smallest absolute Gasteiger partial charge is 0.360 e. The number of hydrogen-bond acceptors (Lipinski definition) is 4. The van der Waals surface area contributed by atoms with Crippen LogP contribution in [0.15, 0.2) is 30.5 Å². The van der Waals surface area contributed by atoms with Crippen molar-refractivity contribution in [2.45, 2.75) is 45.3 Å². The molecule has 0 fully saturated rings. The van der Waals surface area contributed by atoms with Gasteiger partial charge in [0.2, 0.25) is 0 Å². The average Bonchev–Trinajstić information content (AvgIpc) is 3.00. The molecule has 0 saturated heterocycles. The van der Waals surface area contributed by atoms with Gasteiger partial charge < -0.3 is 14.0 Å². The fraction of sp³-hybridized carbons (Fsp3) is 0.368. The highest BCUT2D eigenvalue weighted by molar-refractivity contribution is 6.31. The van der Waals surface area contributed by atoms with Crippen LogP contribution in [0.5, 0.6) is 5.75 Å². The van der Waals surface area contributed by atoms with E-state index in [0.29, 0.717) is 5.56 Å². The topological polar surface area (TPSA) is 57.5 Å². The van der Waals surface area contributed by atoms with Crippen molar-refractivity contribution in [1.29, 1.82) is 0 Å². The predicted molar refractivity (Wildman–Crippen MR) is 94.0 cm³/mol. The third-order valence-corrected chi connectivity index (χ3v) is 4.41. The number of carbonyl (C=O) groups is 2. The van der Waals surface area contributed by atoms with E-state index in [1.54, 1.807) is 40.0 Å². The first-order valence-corrected chi connectivity index (χ1v) is 8.50. The Kier molecular flexibility index (Phi) is 4.35. The molecule has 1 aliphatic heterocycles. The molecule has 26 heavy (non-hydrogen) atoms. The van der Waals surface area contributed by atoms with Crippen LogP contribution < -0.4 is 4.74 Å². The van der Waals surface area contributed by atoms with Crippen molar-refractivity contribution in [3.05, 3.63) is 52.6 Å². The van der Waals surface area contributed by atoms with Crippen molar-refractivity contribution in [3.8, 4) is 5.75 Å². The molecule has 3 rings (SSSR count). The molecule has 1 aliphatic rings. The van der Waals surface area contributed by atoms with Gasteiger partial charge in [-0.1, -0.05) is 11.6 Å². The number of esters is 2. The highest BCUT2D eigenvalue weighted by atomic mass is 35.5. The molecule has 7 heteroatoms. The summed E-state index contributed by atoms with van der Waals surface area (Å²) < 4.78 is 26.5. The van der Waals surface area contributed by atoms with E-state index >= 15 is 0 Å². The Balaban J connectivity index is 2.20. The Morgan fingerprint density at radius 1 is 1.38 bits per heavy atom. The Hall–Kier alpha value is -2.34. The van der Waals surface area contributed by atoms with E-state index in [1.807, 2.05) is 0 Å². The van der Waals surface area contributed by atoms with Gasteiger partial charge >= 0.3 is 11.9 Å². The van der Waals surface area contributed by atoms with Gasteiger partial charge in [0.05, 0.1) is 5.02 Å². The van der Waals surface area contributed by atoms with Crippen molar-refractivity contribution in [2.75, 3.05) is 0 Å². The molecule has 2 heterocycles. The summed E-state index contributed by atoms with van der Waals surface area (Å²) in [5.41, 5.74) is -1.28. The highest BCUT2D eigenvalue weighted by Gasteiger charge is 2.42. The van der Waals surface area contributed by atoms with Crippen LogP contribution >= 0.6 is 11.6 Å². The number of hydrogen-bond donors (Lipinski definition) is 0. The summed E-state index contributed by atoms with van der Waals surface area (Å²) in [6.45, 7) is 6.96. The zero-order valence-electron chi connectivity index (χ0n) is 14.9. The highest BCUT2D eigenvalue weighted by Crippen LogP contribution is 2.35. The Morgan fingerprint density at radius 3 is 2.73 bits per heavy atom. The number of rotatable bonds is 1. The van der Waals surface area contributed by atoms with Crippen LogP contribution in [-0.2, 0) is 21.5 Å². The van der Waals surface area contributed by atoms with Gasteiger partial charge in [-0.3, -0.25) is 0 Å². The minimum Gasteiger partial charge on any atom is -0.458 e. The second kappa shape index (κ2) is 6.13. The van der Waals surface area contributed by atoms with Crippen LogP contribution in [0.2, 0.25) is 5.02 Å². The monoisotopic (exact) mass is 379 g/mol. The standard InChI is InChI=1S/C19H19ClFNO4/c1-18(2,3)26-17(24)19(4)10-11-8-12(20)15(21)14(9-11)25-16(23)13-6-5-7-22(13)19/h5-9H,10H2,1-4H3. The molecule has 0 amide bonds. The third kappa shape index (κ3) is 3.21. The third-order valence-electron chi connectivity index (χ3n) is 4.13. The molecule has 138 valence electrons. The molecule has 0 N–H and O–H groups in total. The lowest BCUT2D eigenvalue weighted by Gasteiger charge is -2.33. The molecule has 0 spiro atoms. The first-order chi connectivity index (χ1) is 12.0. The molecule has 2 bridgehead atoms. The maximum absolute atomic E-state index is 14.2. The summed E-state index contributed by atoms with van der Waals surface area (Å²) in [7, 11) is 0. The van der Waals surface area contributed by atoms with Crippen LogP contribution in [0, 0.1) is 5.82 Å². The molecule has 0 saturated carbocycles. The molecule has 1 aromatic heterocycles. The maximum Gasteiger partial charge on any atom is 0.360 e. The molecule has 5 nitrogen and oxygen atoms in total. The van der Waals surface area contributed by atoms with Crippen molar-refractivity contribution in [2.24, 2.45) is 0 Å². The minimum absolute atomic E-state index is 0.122. The van der Waals surface area contributed by atoms with Crippen molar-refractivity contribution in [3.63, 3.8) is 0 Å². The summed E-state index contributed by atoms with van der Waals surface area (Å²) in [6.07, 6.45) is 1.75. The van der Waals surface area contributed by atoms with Crippen LogP contribution in [0.3, 0.4) is 0 Å². The van der Waals surface area contributed by atoms with E-state index in [-0.39, 0.29) is 22.9 Å². The van der Waals surface area contributed by atoms with Crippen LogP contribution in [0.1, 0.15) is 43.7 Å². The molecule has 0 aliphatic carbocycles. The van der Waals surface area contributed by atoms with Gasteiger partial charge in [-0.2, -0.15) is 0 Å². The predicted octanol–water partition coefficient (Wildman–Crippen LogP) is 4.11. The molecular formula is C19H19ClFNO4. The quantitative estimate of drug-likeness (QED) is 0.552. The molecule has 1 aromatic carbocycles. The molecule has 1 atom stereocenters. The van der Waals surface area contributed by atoms with Gasteiger partial charge in [-0.25, -0.2) is 14.0 Å². The second-order valence-corrected chi connectivity index (χ2v) is 7.90. The van der Waals surface area contributed by atoms with E-state index < -0.39 is 28.9 Å². The molecule has 1 unspecified atom stereocenters. The van der Waals surface area contributed by atoms with Gasteiger partial charge in [0, 0.05) is 12.6 Å². The van der Waals surface area contributed by atoms with Crippen LogP contribution in [0.4, 0.5) is 4.39 Å². The van der Waals surface area contributed by atoms with Gasteiger partial charge in [-0.15, -0.1) is 0 Å². The van der Waals surface area contributed by atoms with Gasteiger partial charge in [0.1, 0.15) is 16.8 Å². The average molecular weight is 380 g/mol. The lowest BCUT2D eigenvalue weighted by Crippen LogP contribution is -2.46. The maximum atomic E-state index is 14.2. The fourth-order valence-electron chi connectivity index (χ4n) is 2.96. The number of benzene rings is 1. The summed E-state index contributed by atoms with van der Waals surface area (Å²) in [5, 5.41) is -0.177. The SMILES string of the molecule is CC(C)(C)OC(=O)C1(C)Cc2cc(Cl)c(F)c(c2)OC(=O)c2cccn21. The lowest BCUT2D eigenvalue weighted by atomic mass is 9.91. The van der Waals surface area contributed by atoms with E-state index in [0.717, 1.165) is 0 Å². The summed E-state index contributed by atoms with van der Waals surface area (Å²) in [5.74, 6) is -2.38. The number of ether oxygens (including phenoxy) is 2. The number of nitrogens with zero attached hydrogens (tertiary/aromatic N) is 1. The first kappa shape index (κ1) is 18.5. The Morgan fingerprint density at radius 2 is 2.08 bits per heavy atom. The van der Waals surface area contributed by atoms with Gasteiger partial charge in [-0.05, 0) is 57.5 Å². The Labute approximate surface area is 155 Å². The number of aromatic nitrogens is 1. The Bertz CT molecular complexity index is 899. The van der Waals surface area contributed by atoms with Gasteiger partial charge in [0.15, 0.2) is 11.6 Å². The zero-order valence-corrected chi connectivity index (χ0v) is 15.7. The summed E-state index contributed by atoms with van der Waals surface area (Å²) >= 11 is 5.93. The fourth-order valence-corrected chi connectivity index (χ4v) is 3.20. The first-order valence-electron chi connectivity index (χ1n) is 8.13. The number of fused-ring (bicyclic) bond motifs is 3. The number of carbonyl (C=O) groups excluding carboxylic acids is 2. The van der Waals surface area contributed by atoms with Crippen LogP contribution in [-0.4, -0.2) is 22.1 Å². The second-order valence-electron chi connectivity index (χ2n) is 7.50. The van der Waals surface area contributed by atoms with Crippen molar-refractivity contribution < 1.29 is 23.5 Å². The summed E-state index contributed by atoms with van der Waals surface area (Å²) in [4.78, 5) is 25.6. The van der Waals surface area contributed by atoms with Crippen molar-refractivity contribution in [1.82, 2.24) is 4.57 Å². The summed E-state index contributed by atoms with van der Waals surface area (Å²) in [6, 6.07) is 5.94. The minimum atomic E-state index is -1.24. The number of halogens is 2. The van der Waals surface area contributed by atoms with Crippen molar-refractivity contribution >= 4 is 23.5 Å². The van der Waals surface area contributed by atoms with E-state index in [4.69, 9.17) is 21.1 Å². The lowest BCUT2D eigenvalue weighted by molar-refractivity contribution is -0.165. The van der Waals surface area contributed by atoms with E-state index in [2.05, 4.69) is 0 Å². The molecule has 2 aromatic rings. The largest absolute Gasteiger partial charge is 0.458 e. The van der Waals surface area contributed by atoms with Gasteiger partial charge in [0.25, 0.3) is 0 Å². The van der Waals surface area contributed by atoms with E-state index in [1.165, 1.54) is 22.8 Å².